The Labute approximate surface area is 178 Å². The van der Waals surface area contributed by atoms with Crippen LogP contribution in [0.2, 0.25) is 10.0 Å². The van der Waals surface area contributed by atoms with E-state index in [0.29, 0.717) is 21.4 Å². The summed E-state index contributed by atoms with van der Waals surface area (Å²) in [6, 6.07) is 10.9. The van der Waals surface area contributed by atoms with Crippen LogP contribution in [0.25, 0.3) is 0 Å². The van der Waals surface area contributed by atoms with Crippen molar-refractivity contribution in [2.24, 2.45) is 0 Å². The zero-order valence-corrected chi connectivity index (χ0v) is 17.9. The predicted molar refractivity (Wildman–Crippen MR) is 113 cm³/mol. The van der Waals surface area contributed by atoms with Gasteiger partial charge in [-0.1, -0.05) is 47.5 Å². The van der Waals surface area contributed by atoms with Crippen LogP contribution in [0.5, 0.6) is 0 Å². The van der Waals surface area contributed by atoms with Crippen LogP contribution in [-0.2, 0) is 21.9 Å². The average molecular weight is 443 g/mol. The number of hydrogen-bond donors (Lipinski definition) is 1. The molecule has 2 rings (SSSR count). The van der Waals surface area contributed by atoms with Gasteiger partial charge in [-0.3, -0.25) is 9.59 Å². The summed E-state index contributed by atoms with van der Waals surface area (Å²) in [5.74, 6) is -0.297. The van der Waals surface area contributed by atoms with E-state index in [1.807, 2.05) is 0 Å². The molecule has 2 amide bonds. The number of thioether (sulfide) groups is 1. The van der Waals surface area contributed by atoms with E-state index in [1.165, 1.54) is 29.8 Å². The van der Waals surface area contributed by atoms with Crippen molar-refractivity contribution in [3.8, 4) is 0 Å². The maximum atomic E-state index is 13.7. The van der Waals surface area contributed by atoms with E-state index in [4.69, 9.17) is 23.2 Å². The summed E-state index contributed by atoms with van der Waals surface area (Å²) in [7, 11) is 1.52. The molecule has 1 N–H and O–H groups in total. The Hall–Kier alpha value is -1.76. The number of nitrogens with one attached hydrogen (secondary N) is 1. The van der Waals surface area contributed by atoms with Gasteiger partial charge in [0.05, 0.1) is 15.8 Å². The number of rotatable bonds is 8. The van der Waals surface area contributed by atoms with Gasteiger partial charge < -0.3 is 10.2 Å². The smallest absolute Gasteiger partial charge is 0.242 e. The van der Waals surface area contributed by atoms with Crippen LogP contribution >= 0.6 is 35.0 Å². The Morgan fingerprint density at radius 3 is 2.54 bits per heavy atom. The van der Waals surface area contributed by atoms with Gasteiger partial charge >= 0.3 is 0 Å². The summed E-state index contributed by atoms with van der Waals surface area (Å²) in [6.45, 7) is 1.88. The molecule has 4 nitrogen and oxygen atoms in total. The molecule has 0 aromatic heterocycles. The highest BCUT2D eigenvalue weighted by Gasteiger charge is 2.25. The highest BCUT2D eigenvalue weighted by molar-refractivity contribution is 7.99. The number of likely N-dealkylation sites (N-methyl/N-ethyl adjacent to an activating group) is 1. The summed E-state index contributed by atoms with van der Waals surface area (Å²) in [6.07, 6.45) is 0. The minimum Gasteiger partial charge on any atom is -0.357 e. The van der Waals surface area contributed by atoms with Crippen LogP contribution in [0.15, 0.2) is 42.5 Å². The van der Waals surface area contributed by atoms with Crippen molar-refractivity contribution in [1.82, 2.24) is 10.2 Å². The first-order chi connectivity index (χ1) is 13.3. The molecule has 0 saturated carbocycles. The maximum absolute atomic E-state index is 13.7. The molecule has 0 unspecified atom stereocenters. The summed E-state index contributed by atoms with van der Waals surface area (Å²) in [5, 5.41) is 3.36. The molecule has 0 aliphatic carbocycles. The predicted octanol–water partition coefficient (Wildman–Crippen LogP) is 4.53. The van der Waals surface area contributed by atoms with Crippen LogP contribution in [-0.4, -0.2) is 35.6 Å². The second kappa shape index (κ2) is 10.7. The average Bonchev–Trinajstić information content (AvgIpc) is 2.69. The minimum atomic E-state index is -0.666. The molecule has 28 heavy (non-hydrogen) atoms. The molecule has 0 bridgehead atoms. The molecule has 0 aliphatic heterocycles. The van der Waals surface area contributed by atoms with Crippen LogP contribution < -0.4 is 5.32 Å². The van der Waals surface area contributed by atoms with Crippen molar-refractivity contribution in [3.05, 3.63) is 69.5 Å². The number of benzene rings is 2. The van der Waals surface area contributed by atoms with Gasteiger partial charge in [0.1, 0.15) is 11.9 Å². The standard InChI is InChI=1S/C20H21Cl2FN2O2S/c1-13(20(27)24-2)25(10-14-7-8-16(21)17(22)9-14)19(26)12-28-11-15-5-3-4-6-18(15)23/h3-9,13H,10-12H2,1-2H3,(H,24,27)/t13-/m1/s1. The lowest BCUT2D eigenvalue weighted by Gasteiger charge is -2.28. The fourth-order valence-electron chi connectivity index (χ4n) is 2.57. The second-order valence-electron chi connectivity index (χ2n) is 6.14. The summed E-state index contributed by atoms with van der Waals surface area (Å²) in [5.41, 5.74) is 1.30. The number of halogens is 3. The topological polar surface area (TPSA) is 49.4 Å². The number of nitrogens with zero attached hydrogens (tertiary/aromatic N) is 1. The van der Waals surface area contributed by atoms with Crippen LogP contribution in [0.3, 0.4) is 0 Å². The van der Waals surface area contributed by atoms with E-state index in [2.05, 4.69) is 5.32 Å². The van der Waals surface area contributed by atoms with Crippen molar-refractivity contribution < 1.29 is 14.0 Å². The van der Waals surface area contributed by atoms with Crippen LogP contribution in [0.1, 0.15) is 18.1 Å². The van der Waals surface area contributed by atoms with Crippen molar-refractivity contribution in [2.45, 2.75) is 25.3 Å². The first-order valence-corrected chi connectivity index (χ1v) is 10.5. The second-order valence-corrected chi connectivity index (χ2v) is 7.94. The SMILES string of the molecule is CNC(=O)[C@@H](C)N(Cc1ccc(Cl)c(Cl)c1)C(=O)CSCc1ccccc1F. The molecule has 8 heteroatoms. The van der Waals surface area contributed by atoms with Gasteiger partial charge in [-0.15, -0.1) is 11.8 Å². The highest BCUT2D eigenvalue weighted by atomic mass is 35.5. The first kappa shape index (κ1) is 22.5. The van der Waals surface area contributed by atoms with E-state index in [1.54, 1.807) is 43.3 Å². The van der Waals surface area contributed by atoms with Gasteiger partial charge in [-0.05, 0) is 36.2 Å². The summed E-state index contributed by atoms with van der Waals surface area (Å²) >= 11 is 13.3. The molecule has 0 fully saturated rings. The molecule has 1 atom stereocenters. The van der Waals surface area contributed by atoms with E-state index in [-0.39, 0.29) is 29.9 Å². The molecule has 0 aliphatic rings. The van der Waals surface area contributed by atoms with E-state index in [9.17, 15) is 14.0 Å². The van der Waals surface area contributed by atoms with E-state index >= 15 is 0 Å². The Balaban J connectivity index is 2.09. The molecule has 0 heterocycles. The lowest BCUT2D eigenvalue weighted by molar-refractivity contribution is -0.138. The Bertz CT molecular complexity index is 851. The normalized spacial score (nSPS) is 11.8. The van der Waals surface area contributed by atoms with Crippen molar-refractivity contribution in [2.75, 3.05) is 12.8 Å². The van der Waals surface area contributed by atoms with Crippen LogP contribution in [0, 0.1) is 5.82 Å². The molecule has 0 saturated heterocycles. The van der Waals surface area contributed by atoms with Crippen molar-refractivity contribution >= 4 is 46.8 Å². The maximum Gasteiger partial charge on any atom is 0.242 e. The van der Waals surface area contributed by atoms with Gasteiger partial charge in [0, 0.05) is 19.3 Å². The third kappa shape index (κ3) is 6.12. The van der Waals surface area contributed by atoms with Gasteiger partial charge in [0.15, 0.2) is 0 Å². The van der Waals surface area contributed by atoms with Crippen molar-refractivity contribution in [1.29, 1.82) is 0 Å². The molecule has 0 radical (unpaired) electrons. The van der Waals surface area contributed by atoms with Gasteiger partial charge in [0.2, 0.25) is 11.8 Å². The third-order valence-corrected chi connectivity index (χ3v) is 5.90. The number of carbonyl (C=O) groups is 2. The highest BCUT2D eigenvalue weighted by Crippen LogP contribution is 2.24. The van der Waals surface area contributed by atoms with Gasteiger partial charge in [0.25, 0.3) is 0 Å². The molecule has 150 valence electrons. The fraction of sp³-hybridized carbons (Fsp3) is 0.300. The molecular weight excluding hydrogens is 422 g/mol. The third-order valence-electron chi connectivity index (χ3n) is 4.19. The molecule has 0 spiro atoms. The summed E-state index contributed by atoms with van der Waals surface area (Å²) in [4.78, 5) is 26.4. The van der Waals surface area contributed by atoms with Crippen molar-refractivity contribution in [3.63, 3.8) is 0 Å². The number of amides is 2. The Kier molecular flexibility index (Phi) is 8.60. The quantitative estimate of drug-likeness (QED) is 0.653. The number of carbonyl (C=O) groups excluding carboxylic acids is 2. The lowest BCUT2D eigenvalue weighted by Crippen LogP contribution is -2.47. The van der Waals surface area contributed by atoms with Crippen LogP contribution in [0.4, 0.5) is 4.39 Å². The molecule has 2 aromatic rings. The van der Waals surface area contributed by atoms with E-state index in [0.717, 1.165) is 5.56 Å². The Morgan fingerprint density at radius 2 is 1.89 bits per heavy atom. The van der Waals surface area contributed by atoms with Gasteiger partial charge in [-0.2, -0.15) is 0 Å². The largest absolute Gasteiger partial charge is 0.357 e. The molecular formula is C20H21Cl2FN2O2S. The first-order valence-electron chi connectivity index (χ1n) is 8.59. The number of hydrogen-bond acceptors (Lipinski definition) is 3. The zero-order chi connectivity index (χ0) is 20.7. The zero-order valence-electron chi connectivity index (χ0n) is 15.5. The molecule has 2 aromatic carbocycles. The lowest BCUT2D eigenvalue weighted by atomic mass is 10.1. The monoisotopic (exact) mass is 442 g/mol. The summed E-state index contributed by atoms with van der Waals surface area (Å²) < 4.78 is 13.7. The Morgan fingerprint density at radius 1 is 1.18 bits per heavy atom. The fourth-order valence-corrected chi connectivity index (χ4v) is 3.79. The van der Waals surface area contributed by atoms with E-state index < -0.39 is 6.04 Å². The minimum absolute atomic E-state index is 0.122. The van der Waals surface area contributed by atoms with Gasteiger partial charge in [-0.25, -0.2) is 4.39 Å².